The maximum absolute atomic E-state index is 12.5. The van der Waals surface area contributed by atoms with E-state index in [1.807, 2.05) is 20.8 Å². The zero-order valence-electron chi connectivity index (χ0n) is 19.4. The summed E-state index contributed by atoms with van der Waals surface area (Å²) in [5.41, 5.74) is -1.79. The van der Waals surface area contributed by atoms with Gasteiger partial charge in [-0.2, -0.15) is 0 Å². The van der Waals surface area contributed by atoms with Gasteiger partial charge in [-0.05, 0) is 17.5 Å². The average molecular weight is 479 g/mol. The van der Waals surface area contributed by atoms with Gasteiger partial charge in [0.1, 0.15) is 18.1 Å². The maximum atomic E-state index is 12.5. The van der Waals surface area contributed by atoms with E-state index < -0.39 is 52.7 Å². The third kappa shape index (κ3) is 5.36. The largest absolute Gasteiger partial charge is 0.497 e. The molecule has 0 bridgehead atoms. The van der Waals surface area contributed by atoms with Gasteiger partial charge in [-0.15, -0.1) is 0 Å². The third-order valence-corrected chi connectivity index (χ3v) is 5.64. The van der Waals surface area contributed by atoms with Gasteiger partial charge in [0.25, 0.3) is 11.2 Å². The monoisotopic (exact) mass is 479 g/mol. The molecule has 3 rings (SSSR count). The van der Waals surface area contributed by atoms with Crippen LogP contribution in [0.5, 0.6) is 5.75 Å². The molecular weight excluding hydrogens is 450 g/mol. The summed E-state index contributed by atoms with van der Waals surface area (Å²) in [6, 6.07) is 4.35. The Labute approximate surface area is 194 Å². The lowest BCUT2D eigenvalue weighted by atomic mass is 9.83. The smallest absolute Gasteiger partial charge is 0.330 e. The predicted octanol–water partition coefficient (Wildman–Crippen LogP) is 1.40. The molecule has 1 unspecified atom stereocenters. The van der Waals surface area contributed by atoms with Crippen LogP contribution in [0.2, 0.25) is 0 Å². The topological polar surface area (TPSA) is 166 Å². The Bertz CT molecular complexity index is 1150. The van der Waals surface area contributed by atoms with Crippen LogP contribution < -0.4 is 16.0 Å². The molecule has 34 heavy (non-hydrogen) atoms. The number of methoxy groups -OCH3 is 1. The fourth-order valence-corrected chi connectivity index (χ4v) is 3.91. The molecule has 0 spiro atoms. The van der Waals surface area contributed by atoms with Gasteiger partial charge in [0.2, 0.25) is 0 Å². The fraction of sp³-hybridized carbons (Fsp3) is 0.545. The Balaban J connectivity index is 1.94. The molecule has 2 aromatic rings. The minimum atomic E-state index is -0.965. The summed E-state index contributed by atoms with van der Waals surface area (Å²) in [5.74, 6) is 0.417. The van der Waals surface area contributed by atoms with Gasteiger partial charge in [-0.3, -0.25) is 24.5 Å². The van der Waals surface area contributed by atoms with Crippen molar-refractivity contribution in [2.75, 3.05) is 13.7 Å². The molecule has 1 saturated heterocycles. The molecule has 0 saturated carbocycles. The second kappa shape index (κ2) is 10.1. The number of aliphatic hydroxyl groups excluding tert-OH is 2. The number of aromatic nitrogens is 2. The Morgan fingerprint density at radius 1 is 1.35 bits per heavy atom. The van der Waals surface area contributed by atoms with Gasteiger partial charge < -0.3 is 24.4 Å². The molecule has 12 nitrogen and oxygen atoms in total. The van der Waals surface area contributed by atoms with Crippen molar-refractivity contribution in [1.29, 1.82) is 0 Å². The standard InChI is InChI=1S/C22H29N3O9/c1-22(2,3)19(14-7-13(32-4)5-6-15(14)25(30)31)33-11-12-9-24(21(29)23-20(12)28)18-8-16(27)17(10-26)34-18/h5-7,9,16-19,26-27H,8,10-11H2,1-4H3,(H,23,28,29)/t16?,17-,18-,19-/m1/s1. The predicted molar refractivity (Wildman–Crippen MR) is 120 cm³/mol. The highest BCUT2D eigenvalue weighted by molar-refractivity contribution is 5.47. The van der Waals surface area contributed by atoms with Crippen LogP contribution in [0.15, 0.2) is 34.0 Å². The van der Waals surface area contributed by atoms with Crippen molar-refractivity contribution in [3.63, 3.8) is 0 Å². The highest BCUT2D eigenvalue weighted by Crippen LogP contribution is 2.42. The maximum Gasteiger partial charge on any atom is 0.330 e. The summed E-state index contributed by atoms with van der Waals surface area (Å²) in [4.78, 5) is 38.1. The lowest BCUT2D eigenvalue weighted by molar-refractivity contribution is -0.386. The Morgan fingerprint density at radius 3 is 2.62 bits per heavy atom. The summed E-state index contributed by atoms with van der Waals surface area (Å²) < 4.78 is 17.9. The van der Waals surface area contributed by atoms with E-state index in [0.29, 0.717) is 5.75 Å². The number of ether oxygens (including phenoxy) is 3. The highest BCUT2D eigenvalue weighted by atomic mass is 16.6. The molecule has 0 amide bonds. The molecule has 1 aromatic heterocycles. The molecule has 1 aliphatic rings. The second-order valence-corrected chi connectivity index (χ2v) is 9.17. The number of benzene rings is 1. The number of aliphatic hydroxyl groups is 2. The minimum absolute atomic E-state index is 0.0537. The molecule has 0 aliphatic carbocycles. The second-order valence-electron chi connectivity index (χ2n) is 9.17. The van der Waals surface area contributed by atoms with E-state index >= 15 is 0 Å². The summed E-state index contributed by atoms with van der Waals surface area (Å²) in [7, 11) is 1.45. The molecule has 2 heterocycles. The molecule has 3 N–H and O–H groups in total. The Hall–Kier alpha value is -3.06. The van der Waals surface area contributed by atoms with Crippen LogP contribution in [0, 0.1) is 15.5 Å². The van der Waals surface area contributed by atoms with E-state index in [-0.39, 0.29) is 29.8 Å². The summed E-state index contributed by atoms with van der Waals surface area (Å²) in [5, 5.41) is 30.9. The average Bonchev–Trinajstić information content (AvgIpc) is 3.14. The number of aromatic amines is 1. The van der Waals surface area contributed by atoms with Crippen LogP contribution in [0.1, 0.15) is 50.7 Å². The van der Waals surface area contributed by atoms with Crippen LogP contribution >= 0.6 is 0 Å². The van der Waals surface area contributed by atoms with E-state index in [9.17, 15) is 29.9 Å². The molecule has 1 aliphatic heterocycles. The first-order chi connectivity index (χ1) is 16.0. The third-order valence-electron chi connectivity index (χ3n) is 5.64. The van der Waals surface area contributed by atoms with Crippen LogP contribution in [-0.2, 0) is 16.1 Å². The van der Waals surface area contributed by atoms with Crippen molar-refractivity contribution < 1.29 is 29.3 Å². The number of hydrogen-bond donors (Lipinski definition) is 3. The molecule has 12 heteroatoms. The number of nitrogens with one attached hydrogen (secondary N) is 1. The molecule has 4 atom stereocenters. The number of nitro groups is 1. The minimum Gasteiger partial charge on any atom is -0.497 e. The molecule has 186 valence electrons. The van der Waals surface area contributed by atoms with Crippen molar-refractivity contribution in [2.45, 2.75) is 58.3 Å². The van der Waals surface area contributed by atoms with Gasteiger partial charge in [0.15, 0.2) is 0 Å². The van der Waals surface area contributed by atoms with E-state index in [1.165, 1.54) is 31.5 Å². The Kier molecular flexibility index (Phi) is 7.56. The summed E-state index contributed by atoms with van der Waals surface area (Å²) in [6.45, 7) is 4.85. The fourth-order valence-electron chi connectivity index (χ4n) is 3.91. The van der Waals surface area contributed by atoms with Crippen LogP contribution in [-0.4, -0.2) is 50.6 Å². The van der Waals surface area contributed by atoms with Crippen molar-refractivity contribution in [3.05, 3.63) is 66.5 Å². The number of hydrogen-bond acceptors (Lipinski definition) is 9. The number of rotatable bonds is 8. The van der Waals surface area contributed by atoms with Gasteiger partial charge >= 0.3 is 5.69 Å². The number of H-pyrrole nitrogens is 1. The van der Waals surface area contributed by atoms with Crippen molar-refractivity contribution in [3.8, 4) is 5.75 Å². The van der Waals surface area contributed by atoms with E-state index in [2.05, 4.69) is 4.98 Å². The molecule has 0 radical (unpaired) electrons. The van der Waals surface area contributed by atoms with Gasteiger partial charge in [0.05, 0.1) is 48.6 Å². The van der Waals surface area contributed by atoms with Gasteiger partial charge in [-0.25, -0.2) is 4.79 Å². The molecule has 1 aromatic carbocycles. The van der Waals surface area contributed by atoms with Gasteiger partial charge in [-0.1, -0.05) is 20.8 Å². The first-order valence-corrected chi connectivity index (χ1v) is 10.7. The highest BCUT2D eigenvalue weighted by Gasteiger charge is 2.36. The molecular formula is C22H29N3O9. The zero-order valence-corrected chi connectivity index (χ0v) is 19.4. The Morgan fingerprint density at radius 2 is 2.06 bits per heavy atom. The first kappa shape index (κ1) is 25.6. The number of nitrogens with zero attached hydrogens (tertiary/aromatic N) is 2. The zero-order chi connectivity index (χ0) is 25.2. The normalized spacial score (nSPS) is 21.4. The van der Waals surface area contributed by atoms with Crippen LogP contribution in [0.4, 0.5) is 5.69 Å². The van der Waals surface area contributed by atoms with Crippen LogP contribution in [0.3, 0.4) is 0 Å². The lowest BCUT2D eigenvalue weighted by Gasteiger charge is -2.31. The number of nitro benzene ring substituents is 1. The SMILES string of the molecule is COc1ccc([N+](=O)[O-])c([C@@H](OCc2cn([C@H]3CC(O)[C@@H](CO)O3)c(=O)[nH]c2=O)C(C)(C)C)c1. The van der Waals surface area contributed by atoms with Crippen LogP contribution in [0.25, 0.3) is 0 Å². The lowest BCUT2D eigenvalue weighted by Crippen LogP contribution is -2.35. The summed E-state index contributed by atoms with van der Waals surface area (Å²) in [6.07, 6.45) is -2.16. The van der Waals surface area contributed by atoms with Crippen molar-refractivity contribution in [1.82, 2.24) is 9.55 Å². The van der Waals surface area contributed by atoms with E-state index in [1.54, 1.807) is 0 Å². The quantitative estimate of drug-likeness (QED) is 0.374. The van der Waals surface area contributed by atoms with Crippen molar-refractivity contribution >= 4 is 5.69 Å². The van der Waals surface area contributed by atoms with E-state index in [4.69, 9.17) is 14.2 Å². The summed E-state index contributed by atoms with van der Waals surface area (Å²) >= 11 is 0. The molecule has 1 fully saturated rings. The van der Waals surface area contributed by atoms with Gasteiger partial charge in [0, 0.05) is 18.7 Å². The first-order valence-electron chi connectivity index (χ1n) is 10.7. The van der Waals surface area contributed by atoms with Crippen molar-refractivity contribution in [2.24, 2.45) is 5.41 Å². The van der Waals surface area contributed by atoms with E-state index in [0.717, 1.165) is 4.57 Å².